The van der Waals surface area contributed by atoms with E-state index in [0.717, 1.165) is 127 Å². The number of carbonyl (C=O) groups is 1. The molecule has 0 amide bonds. The number of nitrogens with two attached hydrogens (primary N) is 1. The van der Waals surface area contributed by atoms with Crippen molar-refractivity contribution in [3.63, 3.8) is 0 Å². The van der Waals surface area contributed by atoms with Crippen LogP contribution in [0.15, 0.2) is 18.2 Å². The molecule has 3 aliphatic heterocycles. The van der Waals surface area contributed by atoms with E-state index in [1.54, 1.807) is 40.0 Å². The third-order valence-corrected chi connectivity index (χ3v) is 22.7. The van der Waals surface area contributed by atoms with Crippen LogP contribution in [-0.2, 0) is 48.2 Å². The van der Waals surface area contributed by atoms with E-state index < -0.39 is 9.85 Å². The van der Waals surface area contributed by atoms with Crippen molar-refractivity contribution in [2.24, 2.45) is 0 Å². The summed E-state index contributed by atoms with van der Waals surface area (Å²) in [6.07, 6.45) is 10.0. The standard InChI is InChI=1S/C16H6.C12H17N3O3.C12H19N3O.C10H13N3O3.C9H4.CH2O3.2K.H7P5.H2.H/c1-3-5-7-9-11-13-15-16-14-12-10-8-6-4-2;1-3-14-6-4-9-8-11(15(16)17)12(18-2)13-10(9)5-7-14;1-3-15-6-4-9-8-10(13)12(16-2)14-11(9)5-7-15;1-16-10-9(13(14)15)6-7-2-4-11-5-3-8(7)12-10;1-3-5-7-9-8-6-4-2;2-1-4-3;;;1-4-5(2)3;;/h1-2H3;8H,3-7H2,1-2H3;8H,3-7,13H2,1-2H3;6,11H,2-5H2,1H3;1H,2H3;1,3H;;;4H,1-3H2;1H;/q;;;;;;2*+1;;;-1/p-1. The van der Waals surface area contributed by atoms with Crippen molar-refractivity contribution in [1.82, 2.24) is 30.1 Å². The fourth-order valence-electron chi connectivity index (χ4n) is 6.87. The van der Waals surface area contributed by atoms with Crippen LogP contribution in [0.5, 0.6) is 17.6 Å². The molecular weight excluding hydrogens is 1240 g/mol. The third kappa shape index (κ3) is 39.3. The summed E-state index contributed by atoms with van der Waals surface area (Å²) in [6.45, 7) is 17.3. The first-order valence-electron chi connectivity index (χ1n) is 25.2. The van der Waals surface area contributed by atoms with Crippen molar-refractivity contribution in [1.29, 1.82) is 0 Å². The van der Waals surface area contributed by atoms with Crippen LogP contribution in [0.3, 0.4) is 0 Å². The number of nitrogens with zero attached hydrogens (tertiary/aromatic N) is 7. The Hall–Kier alpha value is -4.66. The molecule has 3 aromatic rings. The fourth-order valence-corrected chi connectivity index (χ4v) is 6.87. The second kappa shape index (κ2) is 56.8. The third-order valence-electron chi connectivity index (χ3n) is 10.7. The summed E-state index contributed by atoms with van der Waals surface area (Å²) in [5.74, 6) is 53.3. The van der Waals surface area contributed by atoms with E-state index in [4.69, 9.17) is 36.4 Å². The summed E-state index contributed by atoms with van der Waals surface area (Å²) >= 11 is 0. The molecule has 6 rings (SSSR count). The van der Waals surface area contributed by atoms with Crippen molar-refractivity contribution >= 4 is 65.3 Å². The predicted molar refractivity (Wildman–Crippen MR) is 348 cm³/mol. The van der Waals surface area contributed by atoms with Crippen molar-refractivity contribution in [3.8, 4) is 148 Å². The van der Waals surface area contributed by atoms with Gasteiger partial charge in [-0.3, -0.25) is 25.0 Å². The van der Waals surface area contributed by atoms with Gasteiger partial charge in [0.15, 0.2) is 0 Å². The molecule has 19 nitrogen and oxygen atoms in total. The quantitative estimate of drug-likeness (QED) is 0.0550. The maximum Gasteiger partial charge on any atom is 1.00 e. The number of terminal acetylenes is 1. The van der Waals surface area contributed by atoms with Gasteiger partial charge in [-0.1, -0.05) is 39.6 Å². The Labute approximate surface area is 605 Å². The minimum atomic E-state index is -0.454. The average Bonchev–Trinajstić information content (AvgIpc) is 3.19. The van der Waals surface area contributed by atoms with Gasteiger partial charge in [-0.05, 0) is 196 Å². The number of likely N-dealkylation sites (N-methyl/N-ethyl adjacent to an activating group) is 2. The van der Waals surface area contributed by atoms with Crippen molar-refractivity contribution < 1.29 is 145 Å². The van der Waals surface area contributed by atoms with Crippen LogP contribution in [0.2, 0.25) is 0 Å². The molecular formula is C60H70K2N9O10P5. The Morgan fingerprint density at radius 3 is 1.28 bits per heavy atom. The first-order chi connectivity index (χ1) is 40.6. The summed E-state index contributed by atoms with van der Waals surface area (Å²) in [5.41, 5.74) is 12.6. The zero-order valence-corrected chi connectivity index (χ0v) is 61.9. The van der Waals surface area contributed by atoms with Gasteiger partial charge in [0.25, 0.3) is 18.2 Å². The average molecular weight is 1310 g/mol. The zero-order valence-electron chi connectivity index (χ0n) is 51.3. The van der Waals surface area contributed by atoms with Crippen LogP contribution in [0.4, 0.5) is 17.1 Å². The van der Waals surface area contributed by atoms with E-state index in [-0.39, 0.29) is 142 Å². The summed E-state index contributed by atoms with van der Waals surface area (Å²) < 4.78 is 15.1. The summed E-state index contributed by atoms with van der Waals surface area (Å²) in [6, 6.07) is 5.20. The largest absolute Gasteiger partial charge is 1.00 e. The number of methoxy groups -OCH3 is 3. The summed E-state index contributed by atoms with van der Waals surface area (Å²) in [5, 5.41) is 33.4. The van der Waals surface area contributed by atoms with E-state index >= 15 is 0 Å². The molecule has 0 spiro atoms. The number of carbonyl (C=O) groups excluding carboxylic acids is 1. The van der Waals surface area contributed by atoms with E-state index in [0.29, 0.717) is 11.6 Å². The Morgan fingerprint density at radius 1 is 0.640 bits per heavy atom. The van der Waals surface area contributed by atoms with Crippen LogP contribution < -0.4 is 133 Å². The number of pyridine rings is 3. The number of rotatable bonds is 9. The predicted octanol–water partition coefficient (Wildman–Crippen LogP) is 0.131. The van der Waals surface area contributed by atoms with E-state index in [1.165, 1.54) is 19.8 Å². The van der Waals surface area contributed by atoms with Gasteiger partial charge in [0.1, 0.15) is 0 Å². The van der Waals surface area contributed by atoms with Crippen LogP contribution in [0.25, 0.3) is 0 Å². The number of ether oxygens (including phenoxy) is 3. The van der Waals surface area contributed by atoms with Gasteiger partial charge in [0.2, 0.25) is 5.88 Å². The molecule has 6 heterocycles. The smallest absolute Gasteiger partial charge is 1.00 e. The number of nitrogen functional groups attached to an aromatic ring is 1. The molecule has 0 saturated heterocycles. The van der Waals surface area contributed by atoms with E-state index in [9.17, 15) is 20.2 Å². The number of nitro groups is 2. The topological polar surface area (TPSA) is 247 Å². The number of aromatic nitrogens is 3. The molecule has 4 atom stereocenters. The van der Waals surface area contributed by atoms with Gasteiger partial charge in [0, 0.05) is 82.6 Å². The first kappa shape index (κ1) is 85.5. The fraction of sp³-hybridized carbons (Fsp3) is 0.367. The maximum atomic E-state index is 10.9. The number of fused-ring (bicyclic) bond motifs is 3. The van der Waals surface area contributed by atoms with Gasteiger partial charge in [-0.15, -0.1) is 33.2 Å². The normalized spacial score (nSPS) is 11.3. The van der Waals surface area contributed by atoms with Gasteiger partial charge < -0.3 is 46.6 Å². The molecule has 442 valence electrons. The second-order valence-corrected chi connectivity index (χ2v) is 29.8. The number of hydrogen-bond donors (Lipinski definition) is 2. The van der Waals surface area contributed by atoms with Crippen LogP contribution in [0, 0.1) is 151 Å². The molecule has 3 N–H and O–H groups in total. The molecule has 86 heavy (non-hydrogen) atoms. The van der Waals surface area contributed by atoms with Gasteiger partial charge in [-0.25, -0.2) is 15.0 Å². The Bertz CT molecular complexity index is 3340. The first-order valence-corrected chi connectivity index (χ1v) is 33.5. The van der Waals surface area contributed by atoms with Crippen molar-refractivity contribution in [3.05, 3.63) is 72.2 Å². The molecule has 0 radical (unpaired) electrons. The van der Waals surface area contributed by atoms with Crippen molar-refractivity contribution in [2.45, 2.75) is 73.1 Å². The van der Waals surface area contributed by atoms with Crippen LogP contribution >= 0.6 is 41.7 Å². The van der Waals surface area contributed by atoms with E-state index in [1.807, 2.05) is 6.07 Å². The van der Waals surface area contributed by atoms with Gasteiger partial charge in [-0.2, -0.15) is 0 Å². The Balaban J connectivity index is -0.000000315. The van der Waals surface area contributed by atoms with Gasteiger partial charge in [0.05, 0.1) is 36.9 Å². The summed E-state index contributed by atoms with van der Waals surface area (Å²) in [7, 11) is 13.7. The minimum Gasteiger partial charge on any atom is -1.00 e. The molecule has 0 saturated carbocycles. The summed E-state index contributed by atoms with van der Waals surface area (Å²) in [4.78, 5) is 49.9. The Morgan fingerprint density at radius 2 is 0.953 bits per heavy atom. The van der Waals surface area contributed by atoms with Crippen LogP contribution in [-0.4, -0.2) is 115 Å². The molecule has 0 bridgehead atoms. The molecule has 3 aliphatic rings. The molecule has 3 aromatic heterocycles. The zero-order chi connectivity index (χ0) is 62.8. The number of anilines is 1. The molecule has 0 aromatic carbocycles. The van der Waals surface area contributed by atoms with E-state index in [2.05, 4.69) is 200 Å². The molecule has 26 heteroatoms. The second-order valence-electron chi connectivity index (χ2n) is 15.8. The Kier molecular flexibility index (Phi) is 56.5. The SMILES string of the molecule is C#CC#CC#CC#CC.CC#CC#CC#CC#CC#CC#CC#CC.CCN1CCc2cc(N)c(OC)nc2CC1.CCN1CCc2cc([N+](=O)[O-])c(OC)nc2CC1.COc1nc2c(cc1[N+](=O)[O-])CCNCC2.O=CO[O-].PPP(P)P.[H-].[HH].[K+].[K+]. The number of hydrogen-bond acceptors (Lipinski definition) is 17. The molecule has 0 fully saturated rings. The molecule has 4 unspecified atom stereocenters. The van der Waals surface area contributed by atoms with Crippen molar-refractivity contribution in [2.75, 3.05) is 79.4 Å². The van der Waals surface area contributed by atoms with Crippen LogP contribution in [0.1, 0.15) is 71.2 Å². The van der Waals surface area contributed by atoms with Gasteiger partial charge >= 0.3 is 114 Å². The maximum absolute atomic E-state index is 10.9. The monoisotopic (exact) mass is 1310 g/mol. The number of nitrogens with one attached hydrogen (secondary N) is 1. The minimum absolute atomic E-state index is 0. The molecule has 0 aliphatic carbocycles.